The summed E-state index contributed by atoms with van der Waals surface area (Å²) in [6.45, 7) is 10.6. The molecule has 148 valence electrons. The molecular formula is C20H30ClN5S. The van der Waals surface area contributed by atoms with Crippen LogP contribution in [0, 0.1) is 0 Å². The number of nitrogens with zero attached hydrogens (tertiary/aromatic N) is 4. The van der Waals surface area contributed by atoms with Crippen LogP contribution < -0.4 is 10.2 Å². The largest absolute Gasteiger partial charge is 0.368 e. The van der Waals surface area contributed by atoms with Crippen molar-refractivity contribution >= 4 is 40.8 Å². The van der Waals surface area contributed by atoms with Gasteiger partial charge in [-0.3, -0.25) is 4.90 Å². The van der Waals surface area contributed by atoms with Crippen LogP contribution in [0.4, 0.5) is 17.5 Å². The van der Waals surface area contributed by atoms with Gasteiger partial charge < -0.3 is 10.2 Å². The van der Waals surface area contributed by atoms with Crippen LogP contribution in [0.1, 0.15) is 27.7 Å². The second-order valence-electron chi connectivity index (χ2n) is 6.94. The van der Waals surface area contributed by atoms with E-state index in [4.69, 9.17) is 16.6 Å². The Labute approximate surface area is 172 Å². The molecule has 1 N–H and O–H groups in total. The van der Waals surface area contributed by atoms with Crippen molar-refractivity contribution in [3.8, 4) is 0 Å². The van der Waals surface area contributed by atoms with E-state index in [1.165, 1.54) is 0 Å². The van der Waals surface area contributed by atoms with Crippen LogP contribution in [0.2, 0.25) is 5.15 Å². The third-order valence-electron chi connectivity index (χ3n) is 4.45. The van der Waals surface area contributed by atoms with E-state index in [-0.39, 0.29) is 0 Å². The number of aromatic nitrogens is 2. The van der Waals surface area contributed by atoms with E-state index in [0.717, 1.165) is 29.5 Å². The zero-order valence-corrected chi connectivity index (χ0v) is 18.6. The van der Waals surface area contributed by atoms with E-state index in [1.807, 2.05) is 48.5 Å². The quantitative estimate of drug-likeness (QED) is 0.458. The zero-order chi connectivity index (χ0) is 20.0. The third kappa shape index (κ3) is 5.74. The molecule has 0 saturated carbocycles. The van der Waals surface area contributed by atoms with Gasteiger partial charge in [-0.15, -0.1) is 11.8 Å². The molecule has 0 saturated heterocycles. The molecule has 1 aromatic heterocycles. The number of para-hydroxylation sites is 1. The summed E-state index contributed by atoms with van der Waals surface area (Å²) in [4.78, 5) is 14.5. The fraction of sp³-hybridized carbons (Fsp3) is 0.500. The average molecular weight is 408 g/mol. The second-order valence-corrected chi connectivity index (χ2v) is 8.12. The normalized spacial score (nSPS) is 11.5. The van der Waals surface area contributed by atoms with E-state index >= 15 is 0 Å². The first-order chi connectivity index (χ1) is 12.8. The molecule has 0 amide bonds. The molecule has 0 aliphatic carbocycles. The number of nitrogens with one attached hydrogen (secondary N) is 1. The Morgan fingerprint density at radius 2 is 1.70 bits per heavy atom. The van der Waals surface area contributed by atoms with Gasteiger partial charge in [0.15, 0.2) is 0 Å². The van der Waals surface area contributed by atoms with Crippen LogP contribution >= 0.6 is 23.4 Å². The minimum atomic E-state index is 0.474. The Hall–Kier alpha value is -1.50. The molecule has 0 atom stereocenters. The fourth-order valence-electron chi connectivity index (χ4n) is 3.05. The van der Waals surface area contributed by atoms with Gasteiger partial charge in [-0.2, -0.15) is 9.97 Å². The number of halogens is 1. The van der Waals surface area contributed by atoms with Crippen LogP contribution in [0.5, 0.6) is 0 Å². The molecule has 1 heterocycles. The lowest BCUT2D eigenvalue weighted by Gasteiger charge is -2.30. The summed E-state index contributed by atoms with van der Waals surface area (Å²) in [6.07, 6.45) is 1.99. The maximum absolute atomic E-state index is 6.46. The molecule has 0 spiro atoms. The Balaban J connectivity index is 2.21. The summed E-state index contributed by atoms with van der Waals surface area (Å²) in [5, 5.41) is 3.94. The van der Waals surface area contributed by atoms with Crippen LogP contribution in [0.25, 0.3) is 0 Å². The van der Waals surface area contributed by atoms with Gasteiger partial charge in [-0.1, -0.05) is 29.8 Å². The minimum Gasteiger partial charge on any atom is -0.368 e. The molecule has 2 aromatic rings. The zero-order valence-electron chi connectivity index (χ0n) is 17.0. The molecule has 5 nitrogen and oxygen atoms in total. The molecule has 0 fully saturated rings. The van der Waals surface area contributed by atoms with Gasteiger partial charge in [-0.05, 0) is 46.1 Å². The average Bonchev–Trinajstić information content (AvgIpc) is 2.64. The van der Waals surface area contributed by atoms with Gasteiger partial charge in [0.05, 0.1) is 4.90 Å². The molecule has 0 unspecified atom stereocenters. The van der Waals surface area contributed by atoms with E-state index in [9.17, 15) is 0 Å². The van der Waals surface area contributed by atoms with Crippen LogP contribution in [-0.2, 0) is 0 Å². The summed E-state index contributed by atoms with van der Waals surface area (Å²) in [5.74, 6) is 1.36. The number of benzene rings is 1. The van der Waals surface area contributed by atoms with Crippen LogP contribution in [0.15, 0.2) is 35.2 Å². The maximum Gasteiger partial charge on any atom is 0.233 e. The lowest BCUT2D eigenvalue weighted by atomic mass is 10.2. The smallest absolute Gasteiger partial charge is 0.233 e. The van der Waals surface area contributed by atoms with E-state index in [1.54, 1.807) is 11.8 Å². The van der Waals surface area contributed by atoms with Gasteiger partial charge >= 0.3 is 0 Å². The highest BCUT2D eigenvalue weighted by atomic mass is 35.5. The summed E-state index contributed by atoms with van der Waals surface area (Å²) in [6, 6.07) is 11.0. The Morgan fingerprint density at radius 1 is 1.07 bits per heavy atom. The molecule has 0 aliphatic rings. The fourth-order valence-corrected chi connectivity index (χ4v) is 3.97. The van der Waals surface area contributed by atoms with Gasteiger partial charge in [0.2, 0.25) is 5.95 Å². The lowest BCUT2D eigenvalue weighted by Crippen LogP contribution is -2.40. The van der Waals surface area contributed by atoms with Crippen molar-refractivity contribution in [2.45, 2.75) is 44.7 Å². The predicted octanol–water partition coefficient (Wildman–Crippen LogP) is 5.15. The SMILES string of the molecule is CSc1c(Cl)nc(N(C)c2ccccc2)nc1NCCN(C(C)C)C(C)C. The van der Waals surface area contributed by atoms with Gasteiger partial charge in [0, 0.05) is 37.9 Å². The third-order valence-corrected chi connectivity index (χ3v) is 5.63. The van der Waals surface area contributed by atoms with Crippen molar-refractivity contribution in [2.24, 2.45) is 0 Å². The van der Waals surface area contributed by atoms with Crippen LogP contribution in [0.3, 0.4) is 0 Å². The predicted molar refractivity (Wildman–Crippen MR) is 119 cm³/mol. The van der Waals surface area contributed by atoms with Gasteiger partial charge in [0.25, 0.3) is 0 Å². The number of hydrogen-bond donors (Lipinski definition) is 1. The monoisotopic (exact) mass is 407 g/mol. The highest BCUT2D eigenvalue weighted by molar-refractivity contribution is 7.98. The van der Waals surface area contributed by atoms with E-state index in [0.29, 0.717) is 23.2 Å². The summed E-state index contributed by atoms with van der Waals surface area (Å²) >= 11 is 8.02. The van der Waals surface area contributed by atoms with Gasteiger partial charge in [0.1, 0.15) is 11.0 Å². The van der Waals surface area contributed by atoms with Crippen molar-refractivity contribution < 1.29 is 0 Å². The van der Waals surface area contributed by atoms with Crippen molar-refractivity contribution in [2.75, 3.05) is 36.6 Å². The van der Waals surface area contributed by atoms with E-state index < -0.39 is 0 Å². The van der Waals surface area contributed by atoms with Crippen molar-refractivity contribution in [1.29, 1.82) is 0 Å². The summed E-state index contributed by atoms with van der Waals surface area (Å²) in [7, 11) is 1.95. The first kappa shape index (κ1) is 21.8. The number of anilines is 3. The van der Waals surface area contributed by atoms with E-state index in [2.05, 4.69) is 42.9 Å². The molecule has 2 rings (SSSR count). The lowest BCUT2D eigenvalue weighted by molar-refractivity contribution is 0.182. The van der Waals surface area contributed by atoms with Crippen molar-refractivity contribution in [1.82, 2.24) is 14.9 Å². The Bertz CT molecular complexity index is 716. The first-order valence-corrected chi connectivity index (χ1v) is 10.8. The Morgan fingerprint density at radius 3 is 2.26 bits per heavy atom. The highest BCUT2D eigenvalue weighted by Gasteiger charge is 2.17. The standard InChI is InChI=1S/C20H30ClN5S/c1-14(2)26(15(3)4)13-12-22-19-17(27-6)18(21)23-20(24-19)25(5)16-10-8-7-9-11-16/h7-11,14-15H,12-13H2,1-6H3,(H,22,23,24). The number of rotatable bonds is 9. The van der Waals surface area contributed by atoms with Crippen molar-refractivity contribution in [3.05, 3.63) is 35.5 Å². The minimum absolute atomic E-state index is 0.474. The Kier molecular flexibility index (Phi) is 8.20. The number of hydrogen-bond acceptors (Lipinski definition) is 6. The van der Waals surface area contributed by atoms with Crippen LogP contribution in [-0.4, -0.2) is 53.3 Å². The topological polar surface area (TPSA) is 44.3 Å². The number of thioether (sulfide) groups is 1. The summed E-state index contributed by atoms with van der Waals surface area (Å²) in [5.41, 5.74) is 1.02. The second kappa shape index (κ2) is 10.2. The molecule has 7 heteroatoms. The summed E-state index contributed by atoms with van der Waals surface area (Å²) < 4.78 is 0. The molecule has 0 aliphatic heterocycles. The highest BCUT2D eigenvalue weighted by Crippen LogP contribution is 2.33. The maximum atomic E-state index is 6.46. The molecule has 0 bridgehead atoms. The molecule has 27 heavy (non-hydrogen) atoms. The molecule has 0 radical (unpaired) electrons. The first-order valence-electron chi connectivity index (χ1n) is 9.25. The molecular weight excluding hydrogens is 378 g/mol. The van der Waals surface area contributed by atoms with Gasteiger partial charge in [-0.25, -0.2) is 0 Å². The molecule has 1 aromatic carbocycles. The van der Waals surface area contributed by atoms with Crippen molar-refractivity contribution in [3.63, 3.8) is 0 Å².